The Bertz CT molecular complexity index is 1500. The van der Waals surface area contributed by atoms with Gasteiger partial charge in [-0.25, -0.2) is 9.67 Å². The van der Waals surface area contributed by atoms with Crippen LogP contribution in [0, 0.1) is 13.8 Å². The van der Waals surface area contributed by atoms with Crippen molar-refractivity contribution in [2.75, 3.05) is 12.4 Å². The predicted octanol–water partition coefficient (Wildman–Crippen LogP) is 3.86. The molecule has 0 saturated carbocycles. The number of fused-ring (bicyclic) bond motifs is 1. The Morgan fingerprint density at radius 3 is 2.58 bits per heavy atom. The van der Waals surface area contributed by atoms with Gasteiger partial charge >= 0.3 is 5.97 Å². The number of aromatic nitrogens is 4. The summed E-state index contributed by atoms with van der Waals surface area (Å²) >= 11 is 0. The molecular formula is C28H32N6O4. The van der Waals surface area contributed by atoms with Crippen molar-refractivity contribution in [3.63, 3.8) is 0 Å². The van der Waals surface area contributed by atoms with Gasteiger partial charge in [0.1, 0.15) is 18.2 Å². The third kappa shape index (κ3) is 5.74. The van der Waals surface area contributed by atoms with Gasteiger partial charge in [-0.15, -0.1) is 0 Å². The largest absolute Gasteiger partial charge is 0.481 e. The molecule has 0 aliphatic carbocycles. The predicted molar refractivity (Wildman–Crippen MR) is 144 cm³/mol. The van der Waals surface area contributed by atoms with Gasteiger partial charge in [0.05, 0.1) is 6.54 Å². The van der Waals surface area contributed by atoms with E-state index in [-0.39, 0.29) is 18.2 Å². The maximum atomic E-state index is 13.4. The van der Waals surface area contributed by atoms with Gasteiger partial charge in [0.25, 0.3) is 5.91 Å². The first-order valence-electron chi connectivity index (χ1n) is 12.5. The third-order valence-electron chi connectivity index (χ3n) is 6.73. The van der Waals surface area contributed by atoms with E-state index >= 15 is 0 Å². The molecule has 10 nitrogen and oxygen atoms in total. The van der Waals surface area contributed by atoms with Crippen molar-refractivity contribution >= 4 is 34.4 Å². The van der Waals surface area contributed by atoms with E-state index < -0.39 is 12.0 Å². The van der Waals surface area contributed by atoms with Gasteiger partial charge in [0.2, 0.25) is 5.91 Å². The highest BCUT2D eigenvalue weighted by Crippen LogP contribution is 2.27. The molecule has 198 valence electrons. The summed E-state index contributed by atoms with van der Waals surface area (Å²) in [6.45, 7) is 6.18. The minimum Gasteiger partial charge on any atom is -0.481 e. The fourth-order valence-electron chi connectivity index (χ4n) is 4.55. The Hall–Kier alpha value is -4.47. The lowest BCUT2D eigenvalue weighted by Crippen LogP contribution is -2.24. The van der Waals surface area contributed by atoms with Crippen LogP contribution in [0.15, 0.2) is 48.9 Å². The number of carboxylic acid groups (broad SMARTS) is 1. The molecule has 2 heterocycles. The summed E-state index contributed by atoms with van der Waals surface area (Å²) in [4.78, 5) is 40.9. The van der Waals surface area contributed by atoms with Gasteiger partial charge in [0, 0.05) is 41.8 Å². The van der Waals surface area contributed by atoms with Gasteiger partial charge in [-0.05, 0) is 68.5 Å². The standard InChI is InChI=1S/C28H32N6O4/c1-17-14-33(25-13-22(28(38)29-4)9-10-23(17)25)18(2)27(37)32-24-11-8-20(15-34-19(3)30-16-31-34)12-21(24)6-5-7-26(35)36/h8-14,16,18H,5-7,15H2,1-4H3,(H,29,38)(H,32,37)(H,35,36). The first-order chi connectivity index (χ1) is 18.2. The van der Waals surface area contributed by atoms with Crippen LogP contribution in [0.2, 0.25) is 0 Å². The molecule has 2 aromatic heterocycles. The number of nitrogens with one attached hydrogen (secondary N) is 2. The van der Waals surface area contributed by atoms with E-state index in [1.54, 1.807) is 23.9 Å². The molecule has 0 aliphatic heterocycles. The molecule has 0 fully saturated rings. The summed E-state index contributed by atoms with van der Waals surface area (Å²) < 4.78 is 3.65. The Balaban J connectivity index is 1.60. The highest BCUT2D eigenvalue weighted by molar-refractivity contribution is 6.00. The SMILES string of the molecule is CNC(=O)c1ccc2c(C)cn(C(C)C(=O)Nc3ccc(Cn4ncnc4C)cc3CCCC(=O)O)c2c1. The maximum Gasteiger partial charge on any atom is 0.303 e. The Labute approximate surface area is 220 Å². The number of amides is 2. The molecule has 2 amide bonds. The first-order valence-corrected chi connectivity index (χ1v) is 12.5. The van der Waals surface area contributed by atoms with Crippen LogP contribution in [0.4, 0.5) is 5.69 Å². The topological polar surface area (TPSA) is 131 Å². The summed E-state index contributed by atoms with van der Waals surface area (Å²) in [5.74, 6) is -0.477. The third-order valence-corrected chi connectivity index (χ3v) is 6.73. The lowest BCUT2D eigenvalue weighted by Gasteiger charge is -2.18. The van der Waals surface area contributed by atoms with Gasteiger partial charge in [-0.1, -0.05) is 18.2 Å². The molecule has 4 rings (SSSR count). The van der Waals surface area contributed by atoms with E-state index in [1.165, 1.54) is 6.33 Å². The van der Waals surface area contributed by atoms with Crippen LogP contribution in [0.3, 0.4) is 0 Å². The maximum absolute atomic E-state index is 13.4. The van der Waals surface area contributed by atoms with Crippen molar-refractivity contribution in [1.29, 1.82) is 0 Å². The number of benzene rings is 2. The second kappa shape index (κ2) is 11.3. The number of hydrogen-bond donors (Lipinski definition) is 3. The smallest absolute Gasteiger partial charge is 0.303 e. The quantitative estimate of drug-likeness (QED) is 0.293. The van der Waals surface area contributed by atoms with Gasteiger partial charge < -0.3 is 20.3 Å². The van der Waals surface area contributed by atoms with E-state index in [2.05, 4.69) is 20.7 Å². The number of carbonyl (C=O) groups excluding carboxylic acids is 2. The van der Waals surface area contributed by atoms with Gasteiger partial charge in [0.15, 0.2) is 0 Å². The molecule has 0 aliphatic rings. The minimum atomic E-state index is -0.857. The molecule has 2 aromatic carbocycles. The van der Waals surface area contributed by atoms with Crippen molar-refractivity contribution in [2.45, 2.75) is 52.6 Å². The number of anilines is 1. The van der Waals surface area contributed by atoms with Crippen molar-refractivity contribution in [3.8, 4) is 0 Å². The molecule has 1 unspecified atom stereocenters. The molecule has 38 heavy (non-hydrogen) atoms. The first kappa shape index (κ1) is 26.6. The van der Waals surface area contributed by atoms with Crippen molar-refractivity contribution in [1.82, 2.24) is 24.6 Å². The zero-order valence-electron chi connectivity index (χ0n) is 22.0. The van der Waals surface area contributed by atoms with Crippen LogP contribution < -0.4 is 10.6 Å². The number of aryl methyl sites for hydroxylation is 3. The van der Waals surface area contributed by atoms with Crippen molar-refractivity contribution in [3.05, 3.63) is 77.0 Å². The van der Waals surface area contributed by atoms with E-state index in [0.29, 0.717) is 30.6 Å². The van der Waals surface area contributed by atoms with Crippen LogP contribution in [0.5, 0.6) is 0 Å². The van der Waals surface area contributed by atoms with Crippen LogP contribution in [-0.4, -0.2) is 49.3 Å². The number of nitrogens with zero attached hydrogens (tertiary/aromatic N) is 4. The van der Waals surface area contributed by atoms with Crippen LogP contribution >= 0.6 is 0 Å². The van der Waals surface area contributed by atoms with Crippen molar-refractivity contribution in [2.24, 2.45) is 0 Å². The van der Waals surface area contributed by atoms with Crippen LogP contribution in [0.25, 0.3) is 10.9 Å². The Morgan fingerprint density at radius 1 is 1.11 bits per heavy atom. The molecule has 3 N–H and O–H groups in total. The number of aliphatic carboxylic acids is 1. The second-order valence-electron chi connectivity index (χ2n) is 9.40. The summed E-state index contributed by atoms with van der Waals surface area (Å²) in [5.41, 5.74) is 4.80. The normalized spacial score (nSPS) is 11.9. The number of hydrogen-bond acceptors (Lipinski definition) is 5. The Morgan fingerprint density at radius 2 is 1.89 bits per heavy atom. The lowest BCUT2D eigenvalue weighted by molar-refractivity contribution is -0.137. The van der Waals surface area contributed by atoms with Gasteiger partial charge in [-0.2, -0.15) is 5.10 Å². The van der Waals surface area contributed by atoms with Crippen molar-refractivity contribution < 1.29 is 19.5 Å². The molecular weight excluding hydrogens is 484 g/mol. The summed E-state index contributed by atoms with van der Waals surface area (Å²) in [6, 6.07) is 10.7. The molecule has 0 bridgehead atoms. The molecule has 4 aromatic rings. The molecule has 0 radical (unpaired) electrons. The van der Waals surface area contributed by atoms with E-state index in [1.807, 2.05) is 55.8 Å². The lowest BCUT2D eigenvalue weighted by atomic mass is 10.0. The number of carbonyl (C=O) groups is 3. The van der Waals surface area contributed by atoms with Crippen LogP contribution in [-0.2, 0) is 22.6 Å². The summed E-state index contributed by atoms with van der Waals surface area (Å²) in [5, 5.41) is 20.0. The average Bonchev–Trinajstić information content (AvgIpc) is 3.45. The number of carboxylic acids is 1. The van der Waals surface area contributed by atoms with E-state index in [9.17, 15) is 14.4 Å². The number of rotatable bonds is 10. The summed E-state index contributed by atoms with van der Waals surface area (Å²) in [7, 11) is 1.58. The fourth-order valence-corrected chi connectivity index (χ4v) is 4.55. The molecule has 0 spiro atoms. The minimum absolute atomic E-state index is 0.0402. The molecule has 10 heteroatoms. The highest BCUT2D eigenvalue weighted by Gasteiger charge is 2.20. The summed E-state index contributed by atoms with van der Waals surface area (Å²) in [6.07, 6.45) is 4.41. The van der Waals surface area contributed by atoms with Crippen LogP contribution in [0.1, 0.15) is 58.7 Å². The molecule has 1 atom stereocenters. The molecule has 0 saturated heterocycles. The van der Waals surface area contributed by atoms with Gasteiger partial charge in [-0.3, -0.25) is 14.4 Å². The zero-order chi connectivity index (χ0) is 27.4. The Kier molecular flexibility index (Phi) is 7.90. The van der Waals surface area contributed by atoms with E-state index in [4.69, 9.17) is 5.11 Å². The average molecular weight is 517 g/mol. The van der Waals surface area contributed by atoms with E-state index in [0.717, 1.165) is 33.4 Å². The fraction of sp³-hybridized carbons (Fsp3) is 0.321. The highest BCUT2D eigenvalue weighted by atomic mass is 16.4. The zero-order valence-corrected chi connectivity index (χ0v) is 22.0. The second-order valence-corrected chi connectivity index (χ2v) is 9.40. The monoisotopic (exact) mass is 516 g/mol.